The maximum atomic E-state index is 4.46. The van der Waals surface area contributed by atoms with Crippen LogP contribution in [0.3, 0.4) is 0 Å². The molecule has 0 aliphatic rings. The van der Waals surface area contributed by atoms with Crippen molar-refractivity contribution in [1.82, 2.24) is 29.9 Å². The van der Waals surface area contributed by atoms with Crippen molar-refractivity contribution in [2.75, 3.05) is 0 Å². The maximum Gasteiger partial charge on any atom is 2.00 e. The molecule has 0 bridgehead atoms. The Kier molecular flexibility index (Phi) is 14.3. The van der Waals surface area contributed by atoms with Crippen molar-refractivity contribution in [2.24, 2.45) is 0 Å². The number of hydrogen-bond donors (Lipinski definition) is 0. The van der Waals surface area contributed by atoms with Crippen LogP contribution < -0.4 is 9.97 Å². The number of rotatable bonds is 2. The van der Waals surface area contributed by atoms with Gasteiger partial charge in [-0.25, -0.2) is 0 Å². The Morgan fingerprint density at radius 3 is 1.20 bits per heavy atom. The second-order valence-corrected chi connectivity index (χ2v) is 11.9. The quantitative estimate of drug-likeness (QED) is 0.161. The first-order chi connectivity index (χ1) is 25.6. The summed E-state index contributed by atoms with van der Waals surface area (Å²) in [5.74, 6) is 0. The Morgan fingerprint density at radius 2 is 0.815 bits per heavy atom. The van der Waals surface area contributed by atoms with Gasteiger partial charge < -0.3 is 29.9 Å². The molecule has 8 heteroatoms. The summed E-state index contributed by atoms with van der Waals surface area (Å²) in [5, 5.41) is 4.67. The minimum atomic E-state index is 0. The summed E-state index contributed by atoms with van der Waals surface area (Å²) in [6.07, 6.45) is 3.58. The molecule has 10 rings (SSSR count). The summed E-state index contributed by atoms with van der Waals surface area (Å²) in [6.45, 7) is 3.97. The SMILES string of the molecule is Cc1ccc2c(n1)[n-]c1ccccc12.Cc1ccc2c(n1)[n-]c1ccccc12.[Pt+2].[Pt+2].[c-]1ccccc1-c1ccccn1.[c-]1ccccc1-c1ccccn1. The summed E-state index contributed by atoms with van der Waals surface area (Å²) in [5.41, 5.74) is 9.81. The normalized spacial score (nSPS) is 10.1. The van der Waals surface area contributed by atoms with Crippen LogP contribution >= 0.6 is 0 Å². The molecule has 0 aliphatic carbocycles. The molecular formula is C46H34N6Pt2. The average Bonchev–Trinajstić information content (AvgIpc) is 3.77. The molecule has 6 heterocycles. The zero-order valence-corrected chi connectivity index (χ0v) is 34.0. The van der Waals surface area contributed by atoms with E-state index in [1.165, 1.54) is 10.8 Å². The molecule has 0 amide bonds. The van der Waals surface area contributed by atoms with Gasteiger partial charge in [-0.2, -0.15) is 0 Å². The standard InChI is InChI=1S/2C12H9N2.2C11H8N.2Pt/c2*1-8-6-7-10-9-4-2-3-5-11(9)14-12(10)13-8;2*1-2-6-10(7-3-1)11-8-4-5-9-12-11;;/h2*2-7H,1H3;2*1-6,8-9H;;/q4*-1;2*+2. The van der Waals surface area contributed by atoms with Gasteiger partial charge in [-0.3, -0.25) is 0 Å². The molecule has 0 radical (unpaired) electrons. The zero-order chi connectivity index (χ0) is 35.5. The third-order valence-electron chi connectivity index (χ3n) is 8.17. The number of nitrogens with zero attached hydrogens (tertiary/aromatic N) is 6. The van der Waals surface area contributed by atoms with Gasteiger partial charge in [-0.15, -0.1) is 71.8 Å². The van der Waals surface area contributed by atoms with Gasteiger partial charge in [0.1, 0.15) is 0 Å². The first-order valence-electron chi connectivity index (χ1n) is 17.0. The van der Waals surface area contributed by atoms with E-state index in [4.69, 9.17) is 0 Å². The Balaban J connectivity index is 0.000000137. The molecule has 0 saturated heterocycles. The van der Waals surface area contributed by atoms with E-state index in [0.29, 0.717) is 0 Å². The van der Waals surface area contributed by atoms with Crippen LogP contribution in [0.5, 0.6) is 0 Å². The van der Waals surface area contributed by atoms with E-state index in [2.05, 4.69) is 66.3 Å². The van der Waals surface area contributed by atoms with E-state index in [1.807, 2.05) is 147 Å². The van der Waals surface area contributed by atoms with Crippen molar-refractivity contribution in [3.8, 4) is 22.5 Å². The van der Waals surface area contributed by atoms with Gasteiger partial charge in [-0.05, 0) is 69.9 Å². The summed E-state index contributed by atoms with van der Waals surface area (Å²) in [6, 6.07) is 58.1. The largest absolute Gasteiger partial charge is 2.00 e. The predicted molar refractivity (Wildman–Crippen MR) is 212 cm³/mol. The molecular weight excluding hydrogens is 1030 g/mol. The monoisotopic (exact) mass is 1060 g/mol. The van der Waals surface area contributed by atoms with Crippen LogP contribution in [0.15, 0.2) is 170 Å². The summed E-state index contributed by atoms with van der Waals surface area (Å²) in [7, 11) is 0. The topological polar surface area (TPSA) is 79.8 Å². The molecule has 0 atom stereocenters. The average molecular weight is 1060 g/mol. The third kappa shape index (κ3) is 9.90. The van der Waals surface area contributed by atoms with Gasteiger partial charge in [-0.1, -0.05) is 120 Å². The number of pyridine rings is 4. The summed E-state index contributed by atoms with van der Waals surface area (Å²) < 4.78 is 0. The summed E-state index contributed by atoms with van der Waals surface area (Å²) >= 11 is 0. The zero-order valence-electron chi connectivity index (χ0n) is 29.5. The molecule has 0 unspecified atom stereocenters. The number of aryl methyl sites for hydroxylation is 2. The van der Waals surface area contributed by atoms with Gasteiger partial charge in [0.05, 0.1) is 0 Å². The van der Waals surface area contributed by atoms with E-state index in [0.717, 1.165) is 67.0 Å². The van der Waals surface area contributed by atoms with E-state index < -0.39 is 0 Å². The Morgan fingerprint density at radius 1 is 0.407 bits per heavy atom. The van der Waals surface area contributed by atoms with E-state index in [9.17, 15) is 0 Å². The van der Waals surface area contributed by atoms with Gasteiger partial charge in [0.15, 0.2) is 0 Å². The molecule has 6 aromatic heterocycles. The molecule has 0 saturated carbocycles. The number of fused-ring (bicyclic) bond motifs is 6. The number of para-hydroxylation sites is 2. The van der Waals surface area contributed by atoms with Crippen LogP contribution in [0.4, 0.5) is 0 Å². The Hall–Kier alpha value is -5.54. The number of hydrogen-bond acceptors (Lipinski definition) is 4. The fourth-order valence-corrected chi connectivity index (χ4v) is 5.65. The van der Waals surface area contributed by atoms with Gasteiger partial charge in [0, 0.05) is 12.4 Å². The number of benzene rings is 4. The first kappa shape index (κ1) is 39.7. The first-order valence-corrected chi connectivity index (χ1v) is 17.0. The smallest absolute Gasteiger partial charge is 0.439 e. The van der Waals surface area contributed by atoms with Crippen LogP contribution in [0.1, 0.15) is 11.4 Å². The second-order valence-electron chi connectivity index (χ2n) is 11.9. The van der Waals surface area contributed by atoms with E-state index in [1.54, 1.807) is 12.4 Å². The predicted octanol–water partition coefficient (Wildman–Crippen LogP) is 10.4. The van der Waals surface area contributed by atoms with Crippen LogP contribution in [0.2, 0.25) is 0 Å². The Labute approximate surface area is 343 Å². The molecule has 0 aliphatic heterocycles. The third-order valence-corrected chi connectivity index (χ3v) is 8.17. The molecule has 54 heavy (non-hydrogen) atoms. The van der Waals surface area contributed by atoms with Crippen LogP contribution in [-0.2, 0) is 42.1 Å². The van der Waals surface area contributed by atoms with Gasteiger partial charge in [0.25, 0.3) is 0 Å². The van der Waals surface area contributed by atoms with Crippen LogP contribution in [0, 0.1) is 26.0 Å². The minimum Gasteiger partial charge on any atom is -0.439 e. The molecule has 6 nitrogen and oxygen atoms in total. The van der Waals surface area contributed by atoms with Gasteiger partial charge >= 0.3 is 42.1 Å². The van der Waals surface area contributed by atoms with Crippen molar-refractivity contribution in [2.45, 2.75) is 13.8 Å². The molecule has 0 fully saturated rings. The van der Waals surface area contributed by atoms with E-state index in [-0.39, 0.29) is 42.1 Å². The van der Waals surface area contributed by atoms with Crippen LogP contribution in [0.25, 0.3) is 66.4 Å². The second kappa shape index (κ2) is 19.5. The summed E-state index contributed by atoms with van der Waals surface area (Å²) in [4.78, 5) is 26.2. The van der Waals surface area contributed by atoms with Crippen molar-refractivity contribution in [1.29, 1.82) is 0 Å². The van der Waals surface area contributed by atoms with E-state index >= 15 is 0 Å². The van der Waals surface area contributed by atoms with Crippen molar-refractivity contribution in [3.05, 3.63) is 194 Å². The fraction of sp³-hybridized carbons (Fsp3) is 0.0435. The van der Waals surface area contributed by atoms with Gasteiger partial charge in [0.2, 0.25) is 0 Å². The maximum absolute atomic E-state index is 4.46. The molecule has 268 valence electrons. The molecule has 0 spiro atoms. The van der Waals surface area contributed by atoms with Crippen molar-refractivity contribution in [3.63, 3.8) is 0 Å². The molecule has 0 N–H and O–H groups in total. The van der Waals surface area contributed by atoms with Crippen LogP contribution in [-0.4, -0.2) is 19.9 Å². The fourth-order valence-electron chi connectivity index (χ4n) is 5.65. The Bertz CT molecular complexity index is 2380. The van der Waals surface area contributed by atoms with Crippen molar-refractivity contribution >= 4 is 43.9 Å². The van der Waals surface area contributed by atoms with Crippen molar-refractivity contribution < 1.29 is 42.1 Å². The number of aromatic nitrogens is 6. The molecule has 10 aromatic rings. The molecule has 4 aromatic carbocycles. The minimum absolute atomic E-state index is 0.